The summed E-state index contributed by atoms with van der Waals surface area (Å²) in [5.41, 5.74) is -0.173. The van der Waals surface area contributed by atoms with E-state index in [-0.39, 0.29) is 46.7 Å². The molecular formula is C29H36N2O5. The van der Waals surface area contributed by atoms with Crippen LogP contribution in [-0.2, 0) is 19.2 Å². The second-order valence-electron chi connectivity index (χ2n) is 11.4. The van der Waals surface area contributed by atoms with Crippen LogP contribution < -0.4 is 10.6 Å². The number of allylic oxidation sites excluding steroid dienone is 5. The Morgan fingerprint density at radius 2 is 1.75 bits per heavy atom. The number of carbonyl (C=O) groups excluding carboxylic acids is 4. The Morgan fingerprint density at radius 3 is 2.53 bits per heavy atom. The predicted octanol–water partition coefficient (Wildman–Crippen LogP) is 3.19. The van der Waals surface area contributed by atoms with Crippen LogP contribution in [0.3, 0.4) is 0 Å². The van der Waals surface area contributed by atoms with Crippen LogP contribution in [0.25, 0.3) is 0 Å². The third-order valence-corrected chi connectivity index (χ3v) is 9.32. The summed E-state index contributed by atoms with van der Waals surface area (Å²) in [5.74, 6) is 1.15. The van der Waals surface area contributed by atoms with Crippen molar-refractivity contribution in [1.82, 2.24) is 10.6 Å². The highest BCUT2D eigenvalue weighted by Gasteiger charge is 2.53. The third-order valence-electron chi connectivity index (χ3n) is 9.32. The van der Waals surface area contributed by atoms with E-state index < -0.39 is 17.7 Å². The molecule has 0 spiro atoms. The second kappa shape index (κ2) is 9.83. The van der Waals surface area contributed by atoms with Crippen LogP contribution in [-0.4, -0.2) is 41.1 Å². The maximum absolute atomic E-state index is 12.8. The minimum atomic E-state index is -0.675. The zero-order chi connectivity index (χ0) is 25.6. The van der Waals surface area contributed by atoms with Crippen LogP contribution >= 0.6 is 0 Å². The molecule has 192 valence electrons. The van der Waals surface area contributed by atoms with Gasteiger partial charge in [0.15, 0.2) is 5.78 Å². The molecule has 3 aliphatic carbocycles. The third kappa shape index (κ3) is 4.37. The number of amides is 2. The fraction of sp³-hybridized carbons (Fsp3) is 0.586. The summed E-state index contributed by atoms with van der Waals surface area (Å²) in [4.78, 5) is 49.9. The van der Waals surface area contributed by atoms with E-state index in [1.54, 1.807) is 13.0 Å². The molecule has 2 heterocycles. The molecular weight excluding hydrogens is 456 g/mol. The van der Waals surface area contributed by atoms with Gasteiger partial charge in [-0.05, 0) is 92.6 Å². The van der Waals surface area contributed by atoms with Crippen LogP contribution in [0.15, 0.2) is 47.8 Å². The summed E-state index contributed by atoms with van der Waals surface area (Å²) < 4.78 is 0. The number of aliphatic hydroxyl groups is 1. The van der Waals surface area contributed by atoms with E-state index in [2.05, 4.69) is 29.7 Å². The fourth-order valence-corrected chi connectivity index (χ4v) is 7.81. The smallest absolute Gasteiger partial charge is 0.259 e. The van der Waals surface area contributed by atoms with Gasteiger partial charge in [-0.2, -0.15) is 0 Å². The topological polar surface area (TPSA) is 113 Å². The van der Waals surface area contributed by atoms with Gasteiger partial charge in [0.25, 0.3) is 5.91 Å². The van der Waals surface area contributed by atoms with Crippen molar-refractivity contribution in [3.05, 3.63) is 47.8 Å². The van der Waals surface area contributed by atoms with Crippen LogP contribution in [0.5, 0.6) is 0 Å². The Hall–Kier alpha value is -2.96. The summed E-state index contributed by atoms with van der Waals surface area (Å²) in [6.07, 6.45) is 15.2. The first-order chi connectivity index (χ1) is 17.3. The molecule has 0 radical (unpaired) electrons. The molecule has 5 rings (SSSR count). The Labute approximate surface area is 212 Å². The van der Waals surface area contributed by atoms with E-state index in [0.717, 1.165) is 19.3 Å². The van der Waals surface area contributed by atoms with E-state index in [1.807, 2.05) is 12.2 Å². The van der Waals surface area contributed by atoms with E-state index in [9.17, 15) is 24.3 Å². The molecule has 5 aliphatic rings. The van der Waals surface area contributed by atoms with Crippen LogP contribution in [0.2, 0.25) is 0 Å². The van der Waals surface area contributed by atoms with Crippen LogP contribution in [0, 0.1) is 47.3 Å². The van der Waals surface area contributed by atoms with Gasteiger partial charge in [-0.3, -0.25) is 19.2 Å². The van der Waals surface area contributed by atoms with E-state index in [1.165, 1.54) is 6.08 Å². The second-order valence-corrected chi connectivity index (χ2v) is 11.4. The molecule has 0 aromatic heterocycles. The molecule has 2 amide bonds. The summed E-state index contributed by atoms with van der Waals surface area (Å²) in [6, 6.07) is -0.675. The largest absolute Gasteiger partial charge is 0.507 e. The molecule has 2 bridgehead atoms. The number of Topliss-reactive ketones (excluding diaryl/α,β-unsaturated/α-hetero) is 2. The number of nitrogens with one attached hydrogen (secondary N) is 2. The van der Waals surface area contributed by atoms with Crippen molar-refractivity contribution in [3.8, 4) is 0 Å². The quantitative estimate of drug-likeness (QED) is 0.384. The van der Waals surface area contributed by atoms with Gasteiger partial charge in [0.2, 0.25) is 5.91 Å². The van der Waals surface area contributed by atoms with Crippen LogP contribution in [0.1, 0.15) is 46.0 Å². The zero-order valence-electron chi connectivity index (χ0n) is 21.0. The summed E-state index contributed by atoms with van der Waals surface area (Å²) >= 11 is 0. The lowest BCUT2D eigenvalue weighted by molar-refractivity contribution is -0.123. The van der Waals surface area contributed by atoms with Crippen molar-refractivity contribution in [2.45, 2.75) is 52.0 Å². The highest BCUT2D eigenvalue weighted by Crippen LogP contribution is 2.58. The SMILES string of the molecule is CC(=O)C1C(C)CC2C1C=CC1C3CC=CC(=O)NCCCC4NC(=O)C(=C(O)C=CC3CC12)C4=O. The van der Waals surface area contributed by atoms with Gasteiger partial charge >= 0.3 is 0 Å². The molecule has 1 saturated heterocycles. The lowest BCUT2D eigenvalue weighted by Gasteiger charge is -2.35. The fourth-order valence-electron chi connectivity index (χ4n) is 7.81. The van der Waals surface area contributed by atoms with E-state index in [0.29, 0.717) is 43.1 Å². The highest BCUT2D eigenvalue weighted by molar-refractivity contribution is 6.27. The molecule has 2 aliphatic heterocycles. The average molecular weight is 493 g/mol. The zero-order valence-corrected chi connectivity index (χ0v) is 21.0. The molecule has 9 atom stereocenters. The monoisotopic (exact) mass is 492 g/mol. The van der Waals surface area contributed by atoms with Gasteiger partial charge in [-0.15, -0.1) is 0 Å². The molecule has 0 aromatic carbocycles. The summed E-state index contributed by atoms with van der Waals surface area (Å²) in [5, 5.41) is 16.2. The number of aliphatic hydroxyl groups excluding tert-OH is 1. The predicted molar refractivity (Wildman–Crippen MR) is 134 cm³/mol. The Balaban J connectivity index is 1.46. The van der Waals surface area contributed by atoms with Crippen molar-refractivity contribution >= 4 is 23.4 Å². The lowest BCUT2D eigenvalue weighted by Crippen LogP contribution is -2.31. The number of hydrogen-bond acceptors (Lipinski definition) is 5. The van der Waals surface area contributed by atoms with Crippen LogP contribution in [0.4, 0.5) is 0 Å². The van der Waals surface area contributed by atoms with Crippen molar-refractivity contribution in [2.24, 2.45) is 47.3 Å². The lowest BCUT2D eigenvalue weighted by atomic mass is 9.69. The van der Waals surface area contributed by atoms with Gasteiger partial charge in [-0.1, -0.05) is 31.2 Å². The Morgan fingerprint density at radius 1 is 1.00 bits per heavy atom. The highest BCUT2D eigenvalue weighted by atomic mass is 16.3. The molecule has 9 unspecified atom stereocenters. The minimum Gasteiger partial charge on any atom is -0.507 e. The van der Waals surface area contributed by atoms with Crippen molar-refractivity contribution in [2.75, 3.05) is 6.54 Å². The number of carbonyl (C=O) groups is 4. The standard InChI is InChI=1S/C29H36N2O5/c1-15-13-21-20(26(15)16(2)32)10-9-19-18-5-3-7-25(34)30-12-4-6-23-28(35)27(29(36)31-23)24(33)11-8-17(18)14-22(19)21/h3,7-11,15,17-23,26,33H,4-6,12-14H2,1-2H3,(H,30,34)(H,31,36). The number of fused-ring (bicyclic) bond motifs is 7. The maximum atomic E-state index is 12.8. The molecule has 0 aromatic rings. The minimum absolute atomic E-state index is 0.0759. The van der Waals surface area contributed by atoms with E-state index in [4.69, 9.17) is 0 Å². The molecule has 7 nitrogen and oxygen atoms in total. The first-order valence-corrected chi connectivity index (χ1v) is 13.4. The average Bonchev–Trinajstić information content (AvgIpc) is 3.44. The Kier molecular flexibility index (Phi) is 6.75. The van der Waals surface area contributed by atoms with Crippen molar-refractivity contribution < 1.29 is 24.3 Å². The first-order valence-electron chi connectivity index (χ1n) is 13.4. The summed E-state index contributed by atoms with van der Waals surface area (Å²) in [6.45, 7) is 4.30. The van der Waals surface area contributed by atoms with Crippen molar-refractivity contribution in [1.29, 1.82) is 0 Å². The maximum Gasteiger partial charge on any atom is 0.259 e. The van der Waals surface area contributed by atoms with E-state index >= 15 is 0 Å². The van der Waals surface area contributed by atoms with Gasteiger partial charge < -0.3 is 15.7 Å². The molecule has 7 heteroatoms. The summed E-state index contributed by atoms with van der Waals surface area (Å²) in [7, 11) is 0. The van der Waals surface area contributed by atoms with Gasteiger partial charge in [0, 0.05) is 12.5 Å². The van der Waals surface area contributed by atoms with Gasteiger partial charge in [0.05, 0.1) is 6.04 Å². The Bertz CT molecular complexity index is 1090. The number of ketones is 2. The number of rotatable bonds is 1. The molecule has 3 fully saturated rings. The molecule has 3 N–H and O–H groups in total. The molecule has 2 saturated carbocycles. The van der Waals surface area contributed by atoms with Gasteiger partial charge in [0.1, 0.15) is 17.1 Å². The van der Waals surface area contributed by atoms with Crippen molar-refractivity contribution in [3.63, 3.8) is 0 Å². The number of hydrogen-bond donors (Lipinski definition) is 3. The normalized spacial score (nSPS) is 40.5. The molecule has 36 heavy (non-hydrogen) atoms. The van der Waals surface area contributed by atoms with Gasteiger partial charge in [-0.25, -0.2) is 0 Å². The first kappa shape index (κ1) is 24.7.